The molecule has 0 aliphatic rings. The molecular weight excluding hydrogens is 293 g/mol. The van der Waals surface area contributed by atoms with Crippen molar-refractivity contribution in [2.45, 2.75) is 17.4 Å². The van der Waals surface area contributed by atoms with Gasteiger partial charge in [0.2, 0.25) is 0 Å². The number of halogens is 2. The molecule has 4 heteroatoms. The van der Waals surface area contributed by atoms with Crippen LogP contribution in [0.4, 0.5) is 4.39 Å². The van der Waals surface area contributed by atoms with Crippen molar-refractivity contribution < 1.29 is 4.39 Å². The second kappa shape index (κ2) is 7.67. The van der Waals surface area contributed by atoms with Crippen LogP contribution in [0.2, 0.25) is 5.02 Å². The number of rotatable bonds is 6. The molecule has 2 aromatic rings. The highest BCUT2D eigenvalue weighted by atomic mass is 35.5. The van der Waals surface area contributed by atoms with Crippen LogP contribution in [0.15, 0.2) is 53.4 Å². The highest BCUT2D eigenvalue weighted by Crippen LogP contribution is 2.27. The Balaban J connectivity index is 1.96. The van der Waals surface area contributed by atoms with E-state index in [0.717, 1.165) is 21.2 Å². The second-order valence-corrected chi connectivity index (χ2v) is 5.99. The number of benzene rings is 2. The normalized spacial score (nSPS) is 12.3. The van der Waals surface area contributed by atoms with Crippen molar-refractivity contribution in [1.82, 2.24) is 5.32 Å². The van der Waals surface area contributed by atoms with Gasteiger partial charge >= 0.3 is 0 Å². The molecule has 0 heterocycles. The molecule has 0 aromatic heterocycles. The minimum Gasteiger partial charge on any atom is -0.316 e. The lowest BCUT2D eigenvalue weighted by Crippen LogP contribution is -2.30. The van der Waals surface area contributed by atoms with E-state index < -0.39 is 0 Å². The second-order valence-electron chi connectivity index (χ2n) is 4.52. The Morgan fingerprint density at radius 3 is 2.55 bits per heavy atom. The summed E-state index contributed by atoms with van der Waals surface area (Å²) >= 11 is 7.82. The fraction of sp³-hybridized carbons (Fsp3) is 0.250. The summed E-state index contributed by atoms with van der Waals surface area (Å²) in [6.45, 7) is 0. The van der Waals surface area contributed by atoms with Gasteiger partial charge in [0.25, 0.3) is 0 Å². The summed E-state index contributed by atoms with van der Waals surface area (Å²) in [6.07, 6.45) is 0.667. The van der Waals surface area contributed by atoms with E-state index in [4.69, 9.17) is 11.6 Å². The highest BCUT2D eigenvalue weighted by Gasteiger charge is 2.11. The predicted molar refractivity (Wildman–Crippen MR) is 85.1 cm³/mol. The van der Waals surface area contributed by atoms with Crippen LogP contribution in [0.5, 0.6) is 0 Å². The van der Waals surface area contributed by atoms with Crippen molar-refractivity contribution in [3.05, 3.63) is 64.9 Å². The molecular formula is C16H17ClFNS. The van der Waals surface area contributed by atoms with Gasteiger partial charge in [-0.25, -0.2) is 4.39 Å². The molecule has 0 fully saturated rings. The minimum atomic E-state index is -0.143. The molecule has 1 unspecified atom stereocenters. The van der Waals surface area contributed by atoms with Gasteiger partial charge in [-0.3, -0.25) is 0 Å². The summed E-state index contributed by atoms with van der Waals surface area (Å²) in [5.41, 5.74) is 0.742. The molecule has 2 aromatic carbocycles. The SMILES string of the molecule is CNC(CSc1ccccc1Cl)Cc1ccccc1F. The van der Waals surface area contributed by atoms with Crippen LogP contribution in [-0.2, 0) is 6.42 Å². The fourth-order valence-corrected chi connectivity index (χ4v) is 3.27. The van der Waals surface area contributed by atoms with Crippen LogP contribution in [0.1, 0.15) is 5.56 Å². The first-order valence-corrected chi connectivity index (χ1v) is 7.85. The van der Waals surface area contributed by atoms with E-state index in [2.05, 4.69) is 5.32 Å². The monoisotopic (exact) mass is 309 g/mol. The van der Waals surface area contributed by atoms with Crippen molar-refractivity contribution >= 4 is 23.4 Å². The van der Waals surface area contributed by atoms with Crippen LogP contribution < -0.4 is 5.32 Å². The average Bonchev–Trinajstić information content (AvgIpc) is 2.47. The lowest BCUT2D eigenvalue weighted by molar-refractivity contribution is 0.568. The Kier molecular flexibility index (Phi) is 5.89. The summed E-state index contributed by atoms with van der Waals surface area (Å²) in [4.78, 5) is 1.06. The van der Waals surface area contributed by atoms with E-state index in [1.807, 2.05) is 43.4 Å². The van der Waals surface area contributed by atoms with E-state index in [1.165, 1.54) is 6.07 Å². The summed E-state index contributed by atoms with van der Waals surface area (Å²) in [5, 5.41) is 4.00. The van der Waals surface area contributed by atoms with Gasteiger partial charge in [0.15, 0.2) is 0 Å². The number of hydrogen-bond acceptors (Lipinski definition) is 2. The Bertz CT molecular complexity index is 562. The highest BCUT2D eigenvalue weighted by molar-refractivity contribution is 7.99. The van der Waals surface area contributed by atoms with E-state index in [0.29, 0.717) is 6.42 Å². The topological polar surface area (TPSA) is 12.0 Å². The first kappa shape index (κ1) is 15.4. The standard InChI is InChI=1S/C16H17ClFNS/c1-19-13(10-12-6-2-4-8-15(12)18)11-20-16-9-5-3-7-14(16)17/h2-9,13,19H,10-11H2,1H3. The van der Waals surface area contributed by atoms with Gasteiger partial charge in [-0.15, -0.1) is 11.8 Å². The van der Waals surface area contributed by atoms with Crippen LogP contribution in [0.25, 0.3) is 0 Å². The molecule has 106 valence electrons. The Hall–Kier alpha value is -1.03. The van der Waals surface area contributed by atoms with Gasteiger partial charge in [0.05, 0.1) is 5.02 Å². The molecule has 0 amide bonds. The van der Waals surface area contributed by atoms with Gasteiger partial charge in [0, 0.05) is 16.7 Å². The summed E-state index contributed by atoms with van der Waals surface area (Å²) < 4.78 is 13.7. The Labute approximate surface area is 128 Å². The van der Waals surface area contributed by atoms with Crippen LogP contribution in [0, 0.1) is 5.82 Å². The molecule has 0 saturated carbocycles. The van der Waals surface area contributed by atoms with Gasteiger partial charge in [-0.05, 0) is 37.2 Å². The predicted octanol–water partition coefficient (Wildman–Crippen LogP) is 4.40. The number of thioether (sulfide) groups is 1. The third kappa shape index (κ3) is 4.23. The smallest absolute Gasteiger partial charge is 0.126 e. The number of nitrogens with one attached hydrogen (secondary N) is 1. The minimum absolute atomic E-state index is 0.143. The van der Waals surface area contributed by atoms with Gasteiger partial charge in [-0.2, -0.15) is 0 Å². The van der Waals surface area contributed by atoms with Gasteiger partial charge < -0.3 is 5.32 Å². The lowest BCUT2D eigenvalue weighted by atomic mass is 10.1. The number of likely N-dealkylation sites (N-methyl/N-ethyl adjacent to an activating group) is 1. The maximum absolute atomic E-state index is 13.7. The van der Waals surface area contributed by atoms with Gasteiger partial charge in [0.1, 0.15) is 5.82 Å². The van der Waals surface area contributed by atoms with E-state index >= 15 is 0 Å². The van der Waals surface area contributed by atoms with Gasteiger partial charge in [-0.1, -0.05) is 41.9 Å². The molecule has 0 aliphatic heterocycles. The van der Waals surface area contributed by atoms with Crippen LogP contribution in [-0.4, -0.2) is 18.8 Å². The van der Waals surface area contributed by atoms with Crippen LogP contribution >= 0.6 is 23.4 Å². The largest absolute Gasteiger partial charge is 0.316 e. The molecule has 20 heavy (non-hydrogen) atoms. The van der Waals surface area contributed by atoms with E-state index in [-0.39, 0.29) is 11.9 Å². The fourth-order valence-electron chi connectivity index (χ4n) is 1.93. The summed E-state index contributed by atoms with van der Waals surface area (Å²) in [6, 6.07) is 14.9. The quantitative estimate of drug-likeness (QED) is 0.794. The molecule has 1 atom stereocenters. The number of hydrogen-bond donors (Lipinski definition) is 1. The molecule has 0 aliphatic carbocycles. The first-order valence-electron chi connectivity index (χ1n) is 6.48. The zero-order chi connectivity index (χ0) is 14.4. The molecule has 2 rings (SSSR count). The molecule has 0 spiro atoms. The van der Waals surface area contributed by atoms with Crippen molar-refractivity contribution in [2.24, 2.45) is 0 Å². The third-order valence-electron chi connectivity index (χ3n) is 3.11. The lowest BCUT2D eigenvalue weighted by Gasteiger charge is -2.16. The zero-order valence-electron chi connectivity index (χ0n) is 11.3. The zero-order valence-corrected chi connectivity index (χ0v) is 12.8. The molecule has 1 N–H and O–H groups in total. The average molecular weight is 310 g/mol. The van der Waals surface area contributed by atoms with Crippen molar-refractivity contribution in [2.75, 3.05) is 12.8 Å². The molecule has 0 bridgehead atoms. The molecule has 0 radical (unpaired) electrons. The van der Waals surface area contributed by atoms with Crippen LogP contribution in [0.3, 0.4) is 0 Å². The van der Waals surface area contributed by atoms with E-state index in [1.54, 1.807) is 17.8 Å². The Morgan fingerprint density at radius 2 is 1.85 bits per heavy atom. The first-order chi connectivity index (χ1) is 9.70. The summed E-state index contributed by atoms with van der Waals surface area (Å²) in [5.74, 6) is 0.699. The molecule has 0 saturated heterocycles. The Morgan fingerprint density at radius 1 is 1.15 bits per heavy atom. The molecule has 1 nitrogen and oxygen atoms in total. The van der Waals surface area contributed by atoms with Crippen molar-refractivity contribution in [3.8, 4) is 0 Å². The van der Waals surface area contributed by atoms with Crippen molar-refractivity contribution in [3.63, 3.8) is 0 Å². The maximum Gasteiger partial charge on any atom is 0.126 e. The van der Waals surface area contributed by atoms with Crippen molar-refractivity contribution in [1.29, 1.82) is 0 Å². The third-order valence-corrected chi connectivity index (χ3v) is 4.79. The maximum atomic E-state index is 13.7. The van der Waals surface area contributed by atoms with E-state index in [9.17, 15) is 4.39 Å². The summed E-state index contributed by atoms with van der Waals surface area (Å²) in [7, 11) is 1.90.